The Labute approximate surface area is 90.5 Å². The highest BCUT2D eigenvalue weighted by Crippen LogP contribution is 2.07. The van der Waals surface area contributed by atoms with Gasteiger partial charge in [-0.1, -0.05) is 13.8 Å². The normalized spacial score (nSPS) is 9.23. The van der Waals surface area contributed by atoms with Gasteiger partial charge in [-0.25, -0.2) is 4.98 Å². The number of hydrogen-bond acceptors (Lipinski definition) is 3. The van der Waals surface area contributed by atoms with Gasteiger partial charge in [-0.3, -0.25) is 5.10 Å². The summed E-state index contributed by atoms with van der Waals surface area (Å²) in [6.07, 6.45) is 0.778. The molecule has 13 heavy (non-hydrogen) atoms. The van der Waals surface area contributed by atoms with E-state index < -0.39 is 0 Å². The van der Waals surface area contributed by atoms with Gasteiger partial charge in [0.1, 0.15) is 5.82 Å². The van der Waals surface area contributed by atoms with Gasteiger partial charge in [-0.15, -0.1) is 24.8 Å². The Kier molecular flexibility index (Phi) is 8.30. The second-order valence-electron chi connectivity index (χ2n) is 2.83. The molecule has 1 heterocycles. The summed E-state index contributed by atoms with van der Waals surface area (Å²) >= 11 is 0. The molecule has 0 saturated carbocycles. The van der Waals surface area contributed by atoms with Gasteiger partial charge in [0.15, 0.2) is 5.82 Å². The first-order valence-electron chi connectivity index (χ1n) is 3.85. The minimum absolute atomic E-state index is 0. The Morgan fingerprint density at radius 1 is 1.38 bits per heavy atom. The molecule has 0 unspecified atom stereocenters. The molecule has 0 aliphatic rings. The predicted octanol–water partition coefficient (Wildman–Crippen LogP) is 1.27. The SMILES string of the molecule is CC(C)c1n[nH]c(CCN)n1.Cl.Cl. The summed E-state index contributed by atoms with van der Waals surface area (Å²) in [4.78, 5) is 4.25. The Morgan fingerprint density at radius 2 is 2.00 bits per heavy atom. The van der Waals surface area contributed by atoms with Gasteiger partial charge in [0, 0.05) is 12.3 Å². The molecular formula is C7H16Cl2N4. The molecular weight excluding hydrogens is 211 g/mol. The van der Waals surface area contributed by atoms with Crippen molar-refractivity contribution in [1.29, 1.82) is 0 Å². The zero-order valence-electron chi connectivity index (χ0n) is 7.78. The van der Waals surface area contributed by atoms with E-state index in [2.05, 4.69) is 29.0 Å². The van der Waals surface area contributed by atoms with Crippen molar-refractivity contribution >= 4 is 24.8 Å². The van der Waals surface area contributed by atoms with Crippen molar-refractivity contribution in [2.75, 3.05) is 6.54 Å². The van der Waals surface area contributed by atoms with Gasteiger partial charge >= 0.3 is 0 Å². The molecule has 0 aromatic carbocycles. The van der Waals surface area contributed by atoms with Crippen LogP contribution in [0.3, 0.4) is 0 Å². The van der Waals surface area contributed by atoms with E-state index in [-0.39, 0.29) is 24.8 Å². The third-order valence-electron chi connectivity index (χ3n) is 1.45. The van der Waals surface area contributed by atoms with Crippen molar-refractivity contribution < 1.29 is 0 Å². The fraction of sp³-hybridized carbons (Fsp3) is 0.714. The number of rotatable bonds is 3. The fourth-order valence-electron chi connectivity index (χ4n) is 0.817. The topological polar surface area (TPSA) is 67.6 Å². The van der Waals surface area contributed by atoms with E-state index >= 15 is 0 Å². The maximum atomic E-state index is 5.36. The third-order valence-corrected chi connectivity index (χ3v) is 1.45. The lowest BCUT2D eigenvalue weighted by molar-refractivity contribution is 0.780. The molecule has 0 bridgehead atoms. The van der Waals surface area contributed by atoms with Crippen LogP contribution < -0.4 is 5.73 Å². The summed E-state index contributed by atoms with van der Waals surface area (Å²) in [5.41, 5.74) is 5.36. The molecule has 0 saturated heterocycles. The number of nitrogens with zero attached hydrogens (tertiary/aromatic N) is 2. The van der Waals surface area contributed by atoms with E-state index in [1.54, 1.807) is 0 Å². The molecule has 0 fully saturated rings. The summed E-state index contributed by atoms with van der Waals surface area (Å²) in [7, 11) is 0. The van der Waals surface area contributed by atoms with E-state index in [0.29, 0.717) is 12.5 Å². The average molecular weight is 227 g/mol. The number of halogens is 2. The molecule has 0 spiro atoms. The van der Waals surface area contributed by atoms with Gasteiger partial charge in [0.25, 0.3) is 0 Å². The molecule has 0 aliphatic carbocycles. The lowest BCUT2D eigenvalue weighted by Crippen LogP contribution is -2.04. The van der Waals surface area contributed by atoms with Crippen molar-refractivity contribution in [2.45, 2.75) is 26.2 Å². The van der Waals surface area contributed by atoms with Crippen LogP contribution in [-0.4, -0.2) is 21.7 Å². The number of aromatic nitrogens is 3. The molecule has 78 valence electrons. The van der Waals surface area contributed by atoms with Crippen LogP contribution in [0.5, 0.6) is 0 Å². The van der Waals surface area contributed by atoms with Gasteiger partial charge in [-0.05, 0) is 6.54 Å². The van der Waals surface area contributed by atoms with Crippen molar-refractivity contribution in [3.05, 3.63) is 11.6 Å². The first-order valence-corrected chi connectivity index (χ1v) is 3.85. The van der Waals surface area contributed by atoms with E-state index in [9.17, 15) is 0 Å². The van der Waals surface area contributed by atoms with Crippen molar-refractivity contribution in [3.63, 3.8) is 0 Å². The van der Waals surface area contributed by atoms with Crippen LogP contribution in [0.25, 0.3) is 0 Å². The van der Waals surface area contributed by atoms with Crippen LogP contribution in [0.1, 0.15) is 31.4 Å². The summed E-state index contributed by atoms with van der Waals surface area (Å²) in [5.74, 6) is 2.14. The van der Waals surface area contributed by atoms with Crippen molar-refractivity contribution in [3.8, 4) is 0 Å². The smallest absolute Gasteiger partial charge is 0.153 e. The lowest BCUT2D eigenvalue weighted by Gasteiger charge is -1.93. The minimum Gasteiger partial charge on any atom is -0.330 e. The molecule has 0 aliphatic heterocycles. The van der Waals surface area contributed by atoms with Crippen LogP contribution in [0.4, 0.5) is 0 Å². The first kappa shape index (κ1) is 15.2. The number of aromatic amines is 1. The summed E-state index contributed by atoms with van der Waals surface area (Å²) in [6, 6.07) is 0. The Morgan fingerprint density at radius 3 is 2.38 bits per heavy atom. The van der Waals surface area contributed by atoms with E-state index in [1.165, 1.54) is 0 Å². The number of nitrogens with one attached hydrogen (secondary N) is 1. The van der Waals surface area contributed by atoms with Gasteiger partial charge in [0.2, 0.25) is 0 Å². The van der Waals surface area contributed by atoms with Crippen LogP contribution >= 0.6 is 24.8 Å². The maximum Gasteiger partial charge on any atom is 0.153 e. The van der Waals surface area contributed by atoms with Crippen LogP contribution in [0.2, 0.25) is 0 Å². The molecule has 0 radical (unpaired) electrons. The Balaban J connectivity index is 0. The Hall–Kier alpha value is -0.320. The molecule has 0 atom stereocenters. The highest BCUT2D eigenvalue weighted by molar-refractivity contribution is 5.85. The predicted molar refractivity (Wildman–Crippen MR) is 57.7 cm³/mol. The van der Waals surface area contributed by atoms with E-state index in [1.807, 2.05) is 0 Å². The maximum absolute atomic E-state index is 5.36. The lowest BCUT2D eigenvalue weighted by atomic mass is 10.2. The number of nitrogens with two attached hydrogens (primary N) is 1. The second-order valence-corrected chi connectivity index (χ2v) is 2.83. The summed E-state index contributed by atoms with van der Waals surface area (Å²) in [5, 5.41) is 6.89. The first-order chi connectivity index (χ1) is 5.24. The van der Waals surface area contributed by atoms with E-state index in [0.717, 1.165) is 18.1 Å². The fourth-order valence-corrected chi connectivity index (χ4v) is 0.817. The monoisotopic (exact) mass is 226 g/mol. The van der Waals surface area contributed by atoms with Crippen molar-refractivity contribution in [1.82, 2.24) is 15.2 Å². The summed E-state index contributed by atoms with van der Waals surface area (Å²) in [6.45, 7) is 4.75. The van der Waals surface area contributed by atoms with Crippen LogP contribution in [0, 0.1) is 0 Å². The van der Waals surface area contributed by atoms with Gasteiger partial charge in [0.05, 0.1) is 0 Å². The number of H-pyrrole nitrogens is 1. The third kappa shape index (κ3) is 4.45. The average Bonchev–Trinajstić information content (AvgIpc) is 2.37. The quantitative estimate of drug-likeness (QED) is 0.817. The van der Waals surface area contributed by atoms with Crippen LogP contribution in [0.15, 0.2) is 0 Å². The molecule has 4 nitrogen and oxygen atoms in total. The van der Waals surface area contributed by atoms with Crippen molar-refractivity contribution in [2.24, 2.45) is 5.73 Å². The highest BCUT2D eigenvalue weighted by atomic mass is 35.5. The van der Waals surface area contributed by atoms with E-state index in [4.69, 9.17) is 5.73 Å². The van der Waals surface area contributed by atoms with Gasteiger partial charge < -0.3 is 5.73 Å². The highest BCUT2D eigenvalue weighted by Gasteiger charge is 2.05. The standard InChI is InChI=1S/C7H14N4.2ClH/c1-5(2)7-9-6(3-4-8)10-11-7;;/h5H,3-4,8H2,1-2H3,(H,9,10,11);2*1H. The largest absolute Gasteiger partial charge is 0.330 e. The second kappa shape index (κ2) is 7.12. The summed E-state index contributed by atoms with van der Waals surface area (Å²) < 4.78 is 0. The number of hydrogen-bond donors (Lipinski definition) is 2. The van der Waals surface area contributed by atoms with Gasteiger partial charge in [-0.2, -0.15) is 5.10 Å². The zero-order chi connectivity index (χ0) is 8.27. The molecule has 1 aromatic heterocycles. The molecule has 1 rings (SSSR count). The Bertz CT molecular complexity index is 224. The molecule has 1 aromatic rings. The van der Waals surface area contributed by atoms with Crippen LogP contribution in [-0.2, 0) is 6.42 Å². The minimum atomic E-state index is 0. The molecule has 3 N–H and O–H groups in total. The molecule has 6 heteroatoms. The zero-order valence-corrected chi connectivity index (χ0v) is 9.41. The molecule has 0 amide bonds.